The van der Waals surface area contributed by atoms with Crippen molar-refractivity contribution in [3.05, 3.63) is 42.5 Å². The molecule has 8 heteroatoms. The fraction of sp³-hybridized carbons (Fsp3) is 0.500. The van der Waals surface area contributed by atoms with Crippen LogP contribution in [0.1, 0.15) is 31.0 Å². The van der Waals surface area contributed by atoms with E-state index in [-0.39, 0.29) is 0 Å². The van der Waals surface area contributed by atoms with E-state index in [9.17, 15) is 5.11 Å². The molecule has 3 aromatic rings. The summed E-state index contributed by atoms with van der Waals surface area (Å²) in [5.41, 5.74) is 1.92. The van der Waals surface area contributed by atoms with Crippen LogP contribution >= 0.6 is 0 Å². The molecule has 5 rings (SSSR count). The molecule has 0 bridgehead atoms. The largest absolute Gasteiger partial charge is 0.386 e. The highest BCUT2D eigenvalue weighted by molar-refractivity contribution is 5.58. The van der Waals surface area contributed by atoms with Gasteiger partial charge in [-0.15, -0.1) is 10.2 Å². The summed E-state index contributed by atoms with van der Waals surface area (Å²) in [7, 11) is 0. The van der Waals surface area contributed by atoms with Gasteiger partial charge in [-0.1, -0.05) is 0 Å². The predicted molar refractivity (Wildman–Crippen MR) is 103 cm³/mol. The highest BCUT2D eigenvalue weighted by atomic mass is 16.5. The highest BCUT2D eigenvalue weighted by Crippen LogP contribution is 2.29. The molecule has 2 saturated heterocycles. The summed E-state index contributed by atoms with van der Waals surface area (Å²) in [5, 5.41) is 24.1. The number of nitrogens with zero attached hydrogens (tertiary/aromatic N) is 6. The number of likely N-dealkylation sites (tertiary alicyclic amines) is 1. The monoisotopic (exact) mass is 380 g/mol. The maximum Gasteiger partial charge on any atom is 0.177 e. The number of β-amino-alcohol motifs (C(OH)–C–C–N with tert-alkyl or cyclic N) is 1. The Hall–Kier alpha value is -2.42. The molecule has 0 spiro atoms. The summed E-state index contributed by atoms with van der Waals surface area (Å²) >= 11 is 0. The van der Waals surface area contributed by atoms with Crippen molar-refractivity contribution in [2.45, 2.75) is 30.8 Å². The van der Waals surface area contributed by atoms with Gasteiger partial charge in [-0.2, -0.15) is 9.61 Å². The number of fused-ring (bicyclic) bond motifs is 1. The van der Waals surface area contributed by atoms with E-state index < -0.39 is 5.60 Å². The minimum atomic E-state index is -0.686. The first-order valence-corrected chi connectivity index (χ1v) is 9.85. The van der Waals surface area contributed by atoms with Crippen LogP contribution in [0.4, 0.5) is 0 Å². The van der Waals surface area contributed by atoms with Gasteiger partial charge in [-0.3, -0.25) is 4.98 Å². The van der Waals surface area contributed by atoms with Crippen molar-refractivity contribution in [1.29, 1.82) is 0 Å². The number of aliphatic hydroxyl groups is 1. The van der Waals surface area contributed by atoms with E-state index in [1.807, 2.05) is 35.0 Å². The minimum absolute atomic E-state index is 0.317. The van der Waals surface area contributed by atoms with Gasteiger partial charge in [0.25, 0.3) is 0 Å². The molecule has 5 heterocycles. The normalized spacial score (nSPS) is 24.2. The number of pyridine rings is 1. The molecule has 28 heavy (non-hydrogen) atoms. The van der Waals surface area contributed by atoms with Crippen LogP contribution < -0.4 is 0 Å². The molecule has 1 N–H and O–H groups in total. The number of ether oxygens (including phenoxy) is 1. The van der Waals surface area contributed by atoms with Crippen molar-refractivity contribution >= 4 is 5.65 Å². The molecule has 3 aromatic heterocycles. The Balaban J connectivity index is 1.33. The van der Waals surface area contributed by atoms with E-state index in [0.29, 0.717) is 25.7 Å². The van der Waals surface area contributed by atoms with Crippen molar-refractivity contribution in [3.8, 4) is 11.3 Å². The smallest absolute Gasteiger partial charge is 0.177 e. The molecule has 2 aliphatic rings. The van der Waals surface area contributed by atoms with Crippen LogP contribution in [0.25, 0.3) is 16.9 Å². The molecule has 1 unspecified atom stereocenters. The maximum absolute atomic E-state index is 10.6. The average Bonchev–Trinajstić information content (AvgIpc) is 3.35. The summed E-state index contributed by atoms with van der Waals surface area (Å²) in [6.07, 6.45) is 6.26. The molecule has 0 amide bonds. The van der Waals surface area contributed by atoms with E-state index in [2.05, 4.69) is 20.1 Å². The molecule has 8 nitrogen and oxygen atoms in total. The zero-order chi connectivity index (χ0) is 19.0. The van der Waals surface area contributed by atoms with Gasteiger partial charge in [-0.05, 0) is 50.2 Å². The fourth-order valence-corrected chi connectivity index (χ4v) is 4.21. The lowest BCUT2D eigenvalue weighted by Crippen LogP contribution is -2.46. The van der Waals surface area contributed by atoms with Crippen molar-refractivity contribution in [2.24, 2.45) is 0 Å². The Labute approximate surface area is 163 Å². The first-order valence-electron chi connectivity index (χ1n) is 9.85. The van der Waals surface area contributed by atoms with E-state index in [4.69, 9.17) is 9.84 Å². The lowest BCUT2D eigenvalue weighted by molar-refractivity contribution is -0.00986. The zero-order valence-electron chi connectivity index (χ0n) is 15.7. The van der Waals surface area contributed by atoms with Crippen LogP contribution in [0.2, 0.25) is 0 Å². The molecule has 2 aliphatic heterocycles. The van der Waals surface area contributed by atoms with Crippen LogP contribution in [0, 0.1) is 0 Å². The number of rotatable bonds is 4. The van der Waals surface area contributed by atoms with Crippen molar-refractivity contribution < 1.29 is 9.84 Å². The van der Waals surface area contributed by atoms with Crippen molar-refractivity contribution in [1.82, 2.24) is 29.7 Å². The second-order valence-corrected chi connectivity index (χ2v) is 7.87. The molecule has 1 atom stereocenters. The topological polar surface area (TPSA) is 88.7 Å². The number of hydrogen-bond donors (Lipinski definition) is 1. The van der Waals surface area contributed by atoms with Gasteiger partial charge in [0.2, 0.25) is 0 Å². The molecule has 0 radical (unpaired) electrons. The van der Waals surface area contributed by atoms with E-state index >= 15 is 0 Å². The van der Waals surface area contributed by atoms with Crippen molar-refractivity contribution in [3.63, 3.8) is 0 Å². The summed E-state index contributed by atoms with van der Waals surface area (Å²) in [6.45, 7) is 3.66. The second-order valence-electron chi connectivity index (χ2n) is 7.87. The Morgan fingerprint density at radius 1 is 1.18 bits per heavy atom. The number of piperidine rings is 1. The number of aromatic nitrogens is 5. The maximum atomic E-state index is 10.6. The molecular weight excluding hydrogens is 356 g/mol. The molecule has 2 fully saturated rings. The van der Waals surface area contributed by atoms with Gasteiger partial charge in [0.05, 0.1) is 12.3 Å². The summed E-state index contributed by atoms with van der Waals surface area (Å²) in [4.78, 5) is 6.52. The Kier molecular flexibility index (Phi) is 4.54. The van der Waals surface area contributed by atoms with Crippen LogP contribution in [0.3, 0.4) is 0 Å². The molecule has 0 saturated carbocycles. The summed E-state index contributed by atoms with van der Waals surface area (Å²) in [6, 6.07) is 7.82. The lowest BCUT2D eigenvalue weighted by atomic mass is 9.94. The Morgan fingerprint density at radius 3 is 2.82 bits per heavy atom. The van der Waals surface area contributed by atoms with E-state index in [0.717, 1.165) is 55.1 Å². The Morgan fingerprint density at radius 2 is 2.07 bits per heavy atom. The van der Waals surface area contributed by atoms with Gasteiger partial charge in [0.1, 0.15) is 5.60 Å². The van der Waals surface area contributed by atoms with Crippen LogP contribution in [-0.2, 0) is 4.74 Å². The molecule has 146 valence electrons. The van der Waals surface area contributed by atoms with Crippen LogP contribution in [-0.4, -0.2) is 73.3 Å². The highest BCUT2D eigenvalue weighted by Gasteiger charge is 2.36. The SMILES string of the molecule is OC1(CN2CCC(c3nnc4ccc(-c5cccnc5)nn34)CC2)CCOC1. The first kappa shape index (κ1) is 17.7. The standard InChI is InChI=1S/C20H24N6O2/c27-20(7-11-28-14-20)13-25-9-5-15(6-10-25)19-23-22-18-4-3-17(24-26(18)19)16-2-1-8-21-12-16/h1-4,8,12,15,27H,5-7,9-11,13-14H2. The average molecular weight is 380 g/mol. The van der Waals surface area contributed by atoms with E-state index in [1.54, 1.807) is 6.20 Å². The third kappa shape index (κ3) is 3.39. The molecule has 0 aromatic carbocycles. The third-order valence-corrected chi connectivity index (χ3v) is 5.80. The molecule has 0 aliphatic carbocycles. The van der Waals surface area contributed by atoms with Crippen LogP contribution in [0.5, 0.6) is 0 Å². The quantitative estimate of drug-likeness (QED) is 0.734. The van der Waals surface area contributed by atoms with Gasteiger partial charge in [0.15, 0.2) is 11.5 Å². The summed E-state index contributed by atoms with van der Waals surface area (Å²) < 4.78 is 7.24. The lowest BCUT2D eigenvalue weighted by Gasteiger charge is -2.35. The van der Waals surface area contributed by atoms with Crippen LogP contribution in [0.15, 0.2) is 36.7 Å². The second kappa shape index (κ2) is 7.20. The fourth-order valence-electron chi connectivity index (χ4n) is 4.21. The van der Waals surface area contributed by atoms with Crippen molar-refractivity contribution in [2.75, 3.05) is 32.8 Å². The molecular formula is C20H24N6O2. The zero-order valence-corrected chi connectivity index (χ0v) is 15.7. The van der Waals surface area contributed by atoms with Gasteiger partial charge in [-0.25, -0.2) is 0 Å². The minimum Gasteiger partial charge on any atom is -0.386 e. The van der Waals surface area contributed by atoms with Gasteiger partial charge < -0.3 is 14.7 Å². The van der Waals surface area contributed by atoms with Gasteiger partial charge >= 0.3 is 0 Å². The first-order chi connectivity index (χ1) is 13.7. The van der Waals surface area contributed by atoms with Gasteiger partial charge in [0, 0.05) is 43.4 Å². The number of hydrogen-bond acceptors (Lipinski definition) is 7. The predicted octanol–water partition coefficient (Wildman–Crippen LogP) is 1.52. The third-order valence-electron chi connectivity index (χ3n) is 5.80. The Bertz CT molecular complexity index is 946. The summed E-state index contributed by atoms with van der Waals surface area (Å²) in [5.74, 6) is 1.24. The van der Waals surface area contributed by atoms with E-state index in [1.165, 1.54) is 0 Å².